The van der Waals surface area contributed by atoms with Crippen LogP contribution in [0.1, 0.15) is 51.9 Å². The van der Waals surface area contributed by atoms with Gasteiger partial charge in [-0.3, -0.25) is 5.32 Å². The first-order valence-corrected chi connectivity index (χ1v) is 5.74. The Hall–Kier alpha value is -0.0800. The number of nitrogens with one attached hydrogen (secondary N) is 1. The summed E-state index contributed by atoms with van der Waals surface area (Å²) in [6, 6.07) is 0.778. The molecule has 0 saturated heterocycles. The van der Waals surface area contributed by atoms with Crippen LogP contribution in [0.5, 0.6) is 0 Å². The number of unbranched alkanes of at least 4 members (excludes halogenated alkanes) is 4. The zero-order valence-corrected chi connectivity index (χ0v) is 8.85. The summed E-state index contributed by atoms with van der Waals surface area (Å²) in [7, 11) is 0. The second-order valence-electron chi connectivity index (χ2n) is 3.95. The van der Waals surface area contributed by atoms with Crippen molar-refractivity contribution in [2.45, 2.75) is 57.9 Å². The molecule has 0 aromatic heterocycles. The smallest absolute Gasteiger partial charge is 0.0967 e. The molecule has 0 aliphatic heterocycles. The van der Waals surface area contributed by atoms with Gasteiger partial charge in [0.15, 0.2) is 0 Å². The fourth-order valence-corrected chi connectivity index (χ4v) is 1.34. The van der Waals surface area contributed by atoms with Gasteiger partial charge in [-0.05, 0) is 19.3 Å². The summed E-state index contributed by atoms with van der Waals surface area (Å²) >= 11 is 0. The number of ether oxygens (including phenoxy) is 1. The van der Waals surface area contributed by atoms with Crippen molar-refractivity contribution in [1.29, 1.82) is 0 Å². The van der Waals surface area contributed by atoms with Crippen LogP contribution < -0.4 is 5.32 Å². The monoisotopic (exact) mass is 185 g/mol. The molecule has 0 radical (unpaired) electrons. The molecular formula is C11H23NO. The summed E-state index contributed by atoms with van der Waals surface area (Å²) in [5.41, 5.74) is 0. The lowest BCUT2D eigenvalue weighted by atomic mass is 10.2. The minimum atomic E-state index is 0.762. The Labute approximate surface area is 82.0 Å². The normalized spacial score (nSPS) is 16.4. The van der Waals surface area contributed by atoms with Crippen molar-refractivity contribution in [3.63, 3.8) is 0 Å². The average molecular weight is 185 g/mol. The van der Waals surface area contributed by atoms with Gasteiger partial charge >= 0.3 is 0 Å². The molecule has 78 valence electrons. The highest BCUT2D eigenvalue weighted by Gasteiger charge is 2.19. The van der Waals surface area contributed by atoms with E-state index in [0.717, 1.165) is 19.4 Å². The molecule has 2 heteroatoms. The molecule has 0 aromatic rings. The first-order valence-electron chi connectivity index (χ1n) is 5.74. The van der Waals surface area contributed by atoms with Gasteiger partial charge in [-0.25, -0.2) is 0 Å². The lowest BCUT2D eigenvalue weighted by molar-refractivity contribution is 0.111. The summed E-state index contributed by atoms with van der Waals surface area (Å²) in [6.07, 6.45) is 9.32. The molecule has 1 aliphatic rings. The van der Waals surface area contributed by atoms with Gasteiger partial charge < -0.3 is 4.74 Å². The molecule has 1 saturated carbocycles. The van der Waals surface area contributed by atoms with E-state index < -0.39 is 0 Å². The van der Waals surface area contributed by atoms with Crippen molar-refractivity contribution < 1.29 is 4.74 Å². The third-order valence-corrected chi connectivity index (χ3v) is 2.44. The minimum Gasteiger partial charge on any atom is -0.366 e. The van der Waals surface area contributed by atoms with Crippen molar-refractivity contribution in [2.24, 2.45) is 0 Å². The minimum absolute atomic E-state index is 0.762. The fraction of sp³-hybridized carbons (Fsp3) is 1.00. The highest BCUT2D eigenvalue weighted by molar-refractivity contribution is 4.79. The van der Waals surface area contributed by atoms with E-state index in [1.165, 1.54) is 44.9 Å². The Bertz CT molecular complexity index is 113. The standard InChI is InChI=1S/C11H23NO/c1-2-3-4-5-6-9-13-10-12-11-7-8-11/h11-12H,2-10H2,1H3. The summed E-state index contributed by atoms with van der Waals surface area (Å²) in [6.45, 7) is 3.94. The van der Waals surface area contributed by atoms with Crippen molar-refractivity contribution in [1.82, 2.24) is 5.32 Å². The maximum atomic E-state index is 5.45. The van der Waals surface area contributed by atoms with E-state index in [4.69, 9.17) is 4.74 Å². The first-order chi connectivity index (χ1) is 6.43. The van der Waals surface area contributed by atoms with Gasteiger partial charge in [0.2, 0.25) is 0 Å². The summed E-state index contributed by atoms with van der Waals surface area (Å²) in [4.78, 5) is 0. The van der Waals surface area contributed by atoms with Crippen LogP contribution >= 0.6 is 0 Å². The Morgan fingerprint density at radius 3 is 2.62 bits per heavy atom. The third kappa shape index (κ3) is 7.03. The summed E-state index contributed by atoms with van der Waals surface area (Å²) < 4.78 is 5.45. The van der Waals surface area contributed by atoms with Crippen LogP contribution in [-0.2, 0) is 4.74 Å². The lowest BCUT2D eigenvalue weighted by Gasteiger charge is -2.04. The second-order valence-corrected chi connectivity index (χ2v) is 3.95. The highest BCUT2D eigenvalue weighted by Crippen LogP contribution is 2.17. The predicted octanol–water partition coefficient (Wildman–Crippen LogP) is 2.68. The molecule has 13 heavy (non-hydrogen) atoms. The van der Waals surface area contributed by atoms with Gasteiger partial charge in [0.05, 0.1) is 6.73 Å². The number of hydrogen-bond donors (Lipinski definition) is 1. The van der Waals surface area contributed by atoms with Crippen molar-refractivity contribution in [3.8, 4) is 0 Å². The first kappa shape index (κ1) is 11.0. The van der Waals surface area contributed by atoms with Gasteiger partial charge in [0.1, 0.15) is 0 Å². The zero-order valence-electron chi connectivity index (χ0n) is 8.85. The third-order valence-electron chi connectivity index (χ3n) is 2.44. The van der Waals surface area contributed by atoms with E-state index in [9.17, 15) is 0 Å². The van der Waals surface area contributed by atoms with E-state index in [1.54, 1.807) is 0 Å². The van der Waals surface area contributed by atoms with Crippen LogP contribution in [0.25, 0.3) is 0 Å². The predicted molar refractivity (Wildman–Crippen MR) is 55.7 cm³/mol. The van der Waals surface area contributed by atoms with E-state index in [2.05, 4.69) is 12.2 Å². The summed E-state index contributed by atoms with van der Waals surface area (Å²) in [5, 5.41) is 3.34. The van der Waals surface area contributed by atoms with Crippen LogP contribution in [0.3, 0.4) is 0 Å². The molecule has 0 bridgehead atoms. The van der Waals surface area contributed by atoms with E-state index in [0.29, 0.717) is 0 Å². The fourth-order valence-electron chi connectivity index (χ4n) is 1.34. The van der Waals surface area contributed by atoms with Gasteiger partial charge in [0, 0.05) is 12.6 Å². The molecule has 1 fully saturated rings. The summed E-state index contributed by atoms with van der Waals surface area (Å²) in [5.74, 6) is 0. The zero-order chi connectivity index (χ0) is 9.36. The van der Waals surface area contributed by atoms with Gasteiger partial charge in [-0.2, -0.15) is 0 Å². The second kappa shape index (κ2) is 7.34. The van der Waals surface area contributed by atoms with Crippen LogP contribution in [0.15, 0.2) is 0 Å². The lowest BCUT2D eigenvalue weighted by Crippen LogP contribution is -2.20. The SMILES string of the molecule is CCCCCCCOCNC1CC1. The van der Waals surface area contributed by atoms with Gasteiger partial charge in [-0.15, -0.1) is 0 Å². The molecule has 2 nitrogen and oxygen atoms in total. The van der Waals surface area contributed by atoms with Crippen molar-refractivity contribution in [3.05, 3.63) is 0 Å². The van der Waals surface area contributed by atoms with E-state index in [1.807, 2.05) is 0 Å². The van der Waals surface area contributed by atoms with Crippen LogP contribution in [0.4, 0.5) is 0 Å². The van der Waals surface area contributed by atoms with Crippen molar-refractivity contribution in [2.75, 3.05) is 13.3 Å². The van der Waals surface area contributed by atoms with Gasteiger partial charge in [0.25, 0.3) is 0 Å². The van der Waals surface area contributed by atoms with Crippen LogP contribution in [0.2, 0.25) is 0 Å². The number of hydrogen-bond acceptors (Lipinski definition) is 2. The molecular weight excluding hydrogens is 162 g/mol. The van der Waals surface area contributed by atoms with Crippen molar-refractivity contribution >= 4 is 0 Å². The highest BCUT2D eigenvalue weighted by atomic mass is 16.5. The molecule has 0 aromatic carbocycles. The maximum absolute atomic E-state index is 5.45. The number of rotatable bonds is 9. The van der Waals surface area contributed by atoms with E-state index >= 15 is 0 Å². The topological polar surface area (TPSA) is 21.3 Å². The van der Waals surface area contributed by atoms with Gasteiger partial charge in [-0.1, -0.05) is 32.6 Å². The molecule has 0 amide bonds. The molecule has 0 unspecified atom stereocenters. The average Bonchev–Trinajstić information content (AvgIpc) is 2.93. The molecule has 1 N–H and O–H groups in total. The van der Waals surface area contributed by atoms with Crippen LogP contribution in [0, 0.1) is 0 Å². The quantitative estimate of drug-likeness (QED) is 0.440. The van der Waals surface area contributed by atoms with Crippen LogP contribution in [-0.4, -0.2) is 19.4 Å². The van der Waals surface area contributed by atoms with E-state index in [-0.39, 0.29) is 0 Å². The molecule has 0 spiro atoms. The Morgan fingerprint density at radius 2 is 1.92 bits per heavy atom. The largest absolute Gasteiger partial charge is 0.366 e. The maximum Gasteiger partial charge on any atom is 0.0967 e. The Balaban J connectivity index is 1.63. The Morgan fingerprint density at radius 1 is 1.15 bits per heavy atom. The molecule has 0 atom stereocenters. The molecule has 1 aliphatic carbocycles. The Kier molecular flexibility index (Phi) is 6.21. The molecule has 1 rings (SSSR count). The molecule has 0 heterocycles.